The lowest BCUT2D eigenvalue weighted by Gasteiger charge is -2.23. The highest BCUT2D eigenvalue weighted by molar-refractivity contribution is 5.22. The summed E-state index contributed by atoms with van der Waals surface area (Å²) in [5, 5.41) is 0. The molecule has 4 N–H and O–H groups in total. The summed E-state index contributed by atoms with van der Waals surface area (Å²) in [6.45, 7) is 0. The van der Waals surface area contributed by atoms with Gasteiger partial charge < -0.3 is 11.5 Å². The van der Waals surface area contributed by atoms with Crippen LogP contribution in [-0.2, 0) is 12.1 Å². The van der Waals surface area contributed by atoms with E-state index in [1.165, 1.54) is 0 Å². The van der Waals surface area contributed by atoms with Crippen molar-refractivity contribution in [1.82, 2.24) is 4.98 Å². The van der Waals surface area contributed by atoms with Crippen LogP contribution in [0.5, 0.6) is 0 Å². The summed E-state index contributed by atoms with van der Waals surface area (Å²) in [7, 11) is 0. The molecule has 0 radical (unpaired) electrons. The van der Waals surface area contributed by atoms with Crippen molar-refractivity contribution in [2.24, 2.45) is 11.5 Å². The van der Waals surface area contributed by atoms with Gasteiger partial charge in [-0.3, -0.25) is 4.98 Å². The Morgan fingerprint density at radius 1 is 0.938 bits per heavy atom. The number of rotatable bonds is 3. The Morgan fingerprint density at radius 2 is 1.62 bits per heavy atom. The van der Waals surface area contributed by atoms with E-state index in [0.29, 0.717) is 12.1 Å². The summed E-state index contributed by atoms with van der Waals surface area (Å²) < 4.78 is 0. The molecule has 0 aliphatic carbocycles. The zero-order chi connectivity index (χ0) is 11.4. The van der Waals surface area contributed by atoms with Crippen molar-refractivity contribution >= 4 is 0 Å². The van der Waals surface area contributed by atoms with E-state index in [2.05, 4.69) is 4.98 Å². The molecule has 2 rings (SSSR count). The molecule has 0 saturated heterocycles. The van der Waals surface area contributed by atoms with Crippen LogP contribution >= 0.6 is 0 Å². The number of nitrogens with two attached hydrogens (primary N) is 2. The normalized spacial score (nSPS) is 11.4. The van der Waals surface area contributed by atoms with E-state index < -0.39 is 5.66 Å². The lowest BCUT2D eigenvalue weighted by atomic mass is 9.98. The molecule has 3 nitrogen and oxygen atoms in total. The molecule has 0 aliphatic rings. The topological polar surface area (TPSA) is 64.9 Å². The Labute approximate surface area is 95.1 Å². The lowest BCUT2D eigenvalue weighted by molar-refractivity contribution is 0.447. The fourth-order valence-corrected chi connectivity index (χ4v) is 1.66. The van der Waals surface area contributed by atoms with Crippen LogP contribution < -0.4 is 11.5 Å². The maximum Gasteiger partial charge on any atom is 0.111 e. The predicted molar refractivity (Wildman–Crippen MR) is 64.4 cm³/mol. The second kappa shape index (κ2) is 4.43. The van der Waals surface area contributed by atoms with Gasteiger partial charge in [0, 0.05) is 12.6 Å². The summed E-state index contributed by atoms with van der Waals surface area (Å²) in [5.74, 6) is 0. The van der Waals surface area contributed by atoms with Gasteiger partial charge in [-0.25, -0.2) is 0 Å². The van der Waals surface area contributed by atoms with Gasteiger partial charge in [0.15, 0.2) is 0 Å². The van der Waals surface area contributed by atoms with Gasteiger partial charge in [0.25, 0.3) is 0 Å². The third kappa shape index (κ3) is 2.45. The van der Waals surface area contributed by atoms with Gasteiger partial charge in [-0.05, 0) is 17.7 Å². The molecule has 0 atom stereocenters. The third-order valence-corrected chi connectivity index (χ3v) is 2.48. The van der Waals surface area contributed by atoms with E-state index in [0.717, 1.165) is 5.56 Å². The van der Waals surface area contributed by atoms with Crippen LogP contribution in [0.15, 0.2) is 54.7 Å². The quantitative estimate of drug-likeness (QED) is 0.757. The number of hydrogen-bond acceptors (Lipinski definition) is 3. The van der Waals surface area contributed by atoms with E-state index in [4.69, 9.17) is 11.5 Å². The molecule has 0 bridgehead atoms. The van der Waals surface area contributed by atoms with Crippen molar-refractivity contribution < 1.29 is 0 Å². The maximum atomic E-state index is 6.09. The highest BCUT2D eigenvalue weighted by Gasteiger charge is 2.23. The minimum absolute atomic E-state index is 0.574. The number of hydrogen-bond donors (Lipinski definition) is 2. The first-order valence-corrected chi connectivity index (χ1v) is 5.22. The van der Waals surface area contributed by atoms with Crippen LogP contribution in [0.4, 0.5) is 0 Å². The Hall–Kier alpha value is -1.71. The molecule has 0 amide bonds. The highest BCUT2D eigenvalue weighted by atomic mass is 15.0. The fraction of sp³-hybridized carbons (Fsp3) is 0.154. The minimum atomic E-state index is -0.914. The van der Waals surface area contributed by atoms with E-state index >= 15 is 0 Å². The van der Waals surface area contributed by atoms with Gasteiger partial charge in [0.05, 0.1) is 5.69 Å². The Bertz CT molecular complexity index is 437. The van der Waals surface area contributed by atoms with Crippen molar-refractivity contribution in [3.63, 3.8) is 0 Å². The van der Waals surface area contributed by atoms with Crippen LogP contribution in [-0.4, -0.2) is 4.98 Å². The van der Waals surface area contributed by atoms with Gasteiger partial charge in [-0.15, -0.1) is 0 Å². The van der Waals surface area contributed by atoms with Crippen molar-refractivity contribution in [2.75, 3.05) is 0 Å². The Kier molecular flexibility index (Phi) is 2.99. The van der Waals surface area contributed by atoms with Gasteiger partial charge in [-0.2, -0.15) is 0 Å². The number of nitrogens with zero attached hydrogens (tertiary/aromatic N) is 1. The van der Waals surface area contributed by atoms with Crippen molar-refractivity contribution in [1.29, 1.82) is 0 Å². The Morgan fingerprint density at radius 3 is 2.25 bits per heavy atom. The first-order chi connectivity index (χ1) is 7.68. The van der Waals surface area contributed by atoms with E-state index in [9.17, 15) is 0 Å². The largest absolute Gasteiger partial charge is 0.308 e. The zero-order valence-corrected chi connectivity index (χ0v) is 9.01. The first-order valence-electron chi connectivity index (χ1n) is 5.22. The molecule has 0 fully saturated rings. The van der Waals surface area contributed by atoms with E-state index in [-0.39, 0.29) is 0 Å². The highest BCUT2D eigenvalue weighted by Crippen LogP contribution is 2.15. The van der Waals surface area contributed by atoms with Crippen molar-refractivity contribution in [3.8, 4) is 0 Å². The van der Waals surface area contributed by atoms with Crippen LogP contribution in [0.25, 0.3) is 0 Å². The summed E-state index contributed by atoms with van der Waals surface area (Å²) >= 11 is 0. The summed E-state index contributed by atoms with van der Waals surface area (Å²) in [6, 6.07) is 15.5. The molecule has 16 heavy (non-hydrogen) atoms. The fourth-order valence-electron chi connectivity index (χ4n) is 1.66. The van der Waals surface area contributed by atoms with Crippen LogP contribution in [0, 0.1) is 0 Å². The standard InChI is InChI=1S/C13H15N3/c14-13(15,12-8-4-5-9-16-12)10-11-6-2-1-3-7-11/h1-9H,10,14-15H2. The average Bonchev–Trinajstić information content (AvgIpc) is 2.31. The average molecular weight is 213 g/mol. The molecule has 2 aromatic rings. The smallest absolute Gasteiger partial charge is 0.111 e. The zero-order valence-electron chi connectivity index (χ0n) is 9.01. The van der Waals surface area contributed by atoms with Gasteiger partial charge >= 0.3 is 0 Å². The lowest BCUT2D eigenvalue weighted by Crippen LogP contribution is -2.48. The van der Waals surface area contributed by atoms with Crippen LogP contribution in [0.3, 0.4) is 0 Å². The summed E-state index contributed by atoms with van der Waals surface area (Å²) in [5.41, 5.74) is 13.1. The first kappa shape index (κ1) is 10.8. The molecule has 1 aromatic heterocycles. The maximum absolute atomic E-state index is 6.09. The molecule has 1 aromatic carbocycles. The second-order valence-electron chi connectivity index (χ2n) is 3.92. The Balaban J connectivity index is 2.21. The molecule has 0 unspecified atom stereocenters. The number of benzene rings is 1. The minimum Gasteiger partial charge on any atom is -0.308 e. The summed E-state index contributed by atoms with van der Waals surface area (Å²) in [4.78, 5) is 4.20. The molecule has 0 aliphatic heterocycles. The van der Waals surface area contributed by atoms with E-state index in [1.807, 2.05) is 48.5 Å². The van der Waals surface area contributed by atoms with Crippen LogP contribution in [0.1, 0.15) is 11.3 Å². The molecule has 3 heteroatoms. The molecule has 82 valence electrons. The third-order valence-electron chi connectivity index (χ3n) is 2.48. The van der Waals surface area contributed by atoms with Gasteiger partial charge in [0.2, 0.25) is 0 Å². The molecular formula is C13H15N3. The monoisotopic (exact) mass is 213 g/mol. The van der Waals surface area contributed by atoms with Crippen molar-refractivity contribution in [3.05, 3.63) is 66.0 Å². The van der Waals surface area contributed by atoms with E-state index in [1.54, 1.807) is 6.20 Å². The van der Waals surface area contributed by atoms with Crippen LogP contribution in [0.2, 0.25) is 0 Å². The van der Waals surface area contributed by atoms with Gasteiger partial charge in [0.1, 0.15) is 5.66 Å². The molecule has 0 spiro atoms. The summed E-state index contributed by atoms with van der Waals surface area (Å²) in [6.07, 6.45) is 2.28. The molecule has 1 heterocycles. The molecule has 0 saturated carbocycles. The number of pyridine rings is 1. The molecular weight excluding hydrogens is 198 g/mol. The van der Waals surface area contributed by atoms with Gasteiger partial charge in [-0.1, -0.05) is 36.4 Å². The number of aromatic nitrogens is 1. The predicted octanol–water partition coefficient (Wildman–Crippen LogP) is 1.39. The SMILES string of the molecule is NC(N)(Cc1ccccc1)c1ccccn1. The second-order valence-corrected chi connectivity index (χ2v) is 3.92. The van der Waals surface area contributed by atoms with Crippen molar-refractivity contribution in [2.45, 2.75) is 12.1 Å².